The molecule has 1 aromatic carbocycles. The Morgan fingerprint density at radius 2 is 2.22 bits per heavy atom. The van der Waals surface area contributed by atoms with Crippen molar-refractivity contribution in [3.8, 4) is 0 Å². The summed E-state index contributed by atoms with van der Waals surface area (Å²) in [6.07, 6.45) is 1.77. The SMILES string of the molecule is O=c1[nH]c(Cc2ccon2)nc2cc(F)ccc12. The summed E-state index contributed by atoms with van der Waals surface area (Å²) in [7, 11) is 0. The van der Waals surface area contributed by atoms with Crippen LogP contribution < -0.4 is 5.56 Å². The fraction of sp³-hybridized carbons (Fsp3) is 0.0833. The summed E-state index contributed by atoms with van der Waals surface area (Å²) in [5, 5.41) is 4.09. The van der Waals surface area contributed by atoms with Gasteiger partial charge in [0.25, 0.3) is 5.56 Å². The van der Waals surface area contributed by atoms with Crippen molar-refractivity contribution < 1.29 is 8.91 Å². The molecular formula is C12H8FN3O2. The molecule has 0 unspecified atom stereocenters. The van der Waals surface area contributed by atoms with E-state index in [0.717, 1.165) is 0 Å². The van der Waals surface area contributed by atoms with Crippen LogP contribution in [0, 0.1) is 5.82 Å². The van der Waals surface area contributed by atoms with Gasteiger partial charge in [0.2, 0.25) is 0 Å². The molecule has 90 valence electrons. The van der Waals surface area contributed by atoms with E-state index in [1.807, 2.05) is 0 Å². The Balaban J connectivity index is 2.11. The molecule has 3 aromatic rings. The largest absolute Gasteiger partial charge is 0.364 e. The Kier molecular flexibility index (Phi) is 2.40. The number of hydrogen-bond donors (Lipinski definition) is 1. The minimum absolute atomic E-state index is 0.293. The first-order chi connectivity index (χ1) is 8.72. The molecule has 0 spiro atoms. The number of fused-ring (bicyclic) bond motifs is 1. The number of benzene rings is 1. The summed E-state index contributed by atoms with van der Waals surface area (Å²) in [6, 6.07) is 5.56. The molecule has 0 aliphatic rings. The van der Waals surface area contributed by atoms with E-state index in [9.17, 15) is 9.18 Å². The van der Waals surface area contributed by atoms with Crippen LogP contribution in [0.1, 0.15) is 11.5 Å². The molecule has 3 rings (SSSR count). The maximum Gasteiger partial charge on any atom is 0.258 e. The second kappa shape index (κ2) is 4.06. The molecule has 0 aliphatic carbocycles. The fourth-order valence-corrected chi connectivity index (χ4v) is 1.75. The molecule has 2 heterocycles. The van der Waals surface area contributed by atoms with Crippen molar-refractivity contribution in [3.63, 3.8) is 0 Å². The fourth-order valence-electron chi connectivity index (χ4n) is 1.75. The molecule has 0 amide bonds. The number of aromatic nitrogens is 3. The van der Waals surface area contributed by atoms with Gasteiger partial charge in [-0.2, -0.15) is 0 Å². The Bertz CT molecular complexity index is 750. The second-order valence-electron chi connectivity index (χ2n) is 3.84. The number of nitrogens with one attached hydrogen (secondary N) is 1. The minimum Gasteiger partial charge on any atom is -0.364 e. The molecule has 6 heteroatoms. The zero-order valence-corrected chi connectivity index (χ0v) is 9.18. The Morgan fingerprint density at radius 1 is 1.33 bits per heavy atom. The van der Waals surface area contributed by atoms with Gasteiger partial charge < -0.3 is 9.51 Å². The lowest BCUT2D eigenvalue weighted by Crippen LogP contribution is -2.12. The molecule has 0 fully saturated rings. The van der Waals surface area contributed by atoms with E-state index in [0.29, 0.717) is 28.8 Å². The van der Waals surface area contributed by atoms with Gasteiger partial charge in [-0.1, -0.05) is 5.16 Å². The molecule has 2 aromatic heterocycles. The number of H-pyrrole nitrogens is 1. The monoisotopic (exact) mass is 245 g/mol. The summed E-state index contributed by atoms with van der Waals surface area (Å²) in [6.45, 7) is 0. The third kappa shape index (κ3) is 1.88. The van der Waals surface area contributed by atoms with Gasteiger partial charge in [-0.3, -0.25) is 4.79 Å². The maximum absolute atomic E-state index is 13.1. The van der Waals surface area contributed by atoms with E-state index in [1.165, 1.54) is 24.5 Å². The quantitative estimate of drug-likeness (QED) is 0.745. The highest BCUT2D eigenvalue weighted by Crippen LogP contribution is 2.10. The van der Waals surface area contributed by atoms with E-state index in [2.05, 4.69) is 15.1 Å². The molecule has 0 saturated carbocycles. The summed E-state index contributed by atoms with van der Waals surface area (Å²) in [5.41, 5.74) is 0.685. The van der Waals surface area contributed by atoms with Gasteiger partial charge in [0.05, 0.1) is 23.0 Å². The van der Waals surface area contributed by atoms with Gasteiger partial charge in [0.1, 0.15) is 17.9 Å². The maximum atomic E-state index is 13.1. The predicted octanol–water partition coefficient (Wildman–Crippen LogP) is 1.64. The molecule has 18 heavy (non-hydrogen) atoms. The molecule has 5 nitrogen and oxygen atoms in total. The van der Waals surface area contributed by atoms with Crippen LogP contribution in [0.2, 0.25) is 0 Å². The zero-order chi connectivity index (χ0) is 12.5. The van der Waals surface area contributed by atoms with Crippen LogP contribution in [0.15, 0.2) is 39.8 Å². The number of halogens is 1. The Labute approximate surface area is 100 Å². The van der Waals surface area contributed by atoms with Crippen LogP contribution in [0.3, 0.4) is 0 Å². The van der Waals surface area contributed by atoms with Crippen LogP contribution >= 0.6 is 0 Å². The van der Waals surface area contributed by atoms with Gasteiger partial charge in [-0.15, -0.1) is 0 Å². The summed E-state index contributed by atoms with van der Waals surface area (Å²) >= 11 is 0. The lowest BCUT2D eigenvalue weighted by molar-refractivity contribution is 0.412. The molecule has 0 bridgehead atoms. The van der Waals surface area contributed by atoms with Gasteiger partial charge >= 0.3 is 0 Å². The molecule has 1 N–H and O–H groups in total. The Morgan fingerprint density at radius 3 is 3.00 bits per heavy atom. The zero-order valence-electron chi connectivity index (χ0n) is 9.18. The van der Waals surface area contributed by atoms with E-state index >= 15 is 0 Å². The van der Waals surface area contributed by atoms with Crippen LogP contribution in [0.25, 0.3) is 10.9 Å². The van der Waals surface area contributed by atoms with Crippen LogP contribution in [-0.4, -0.2) is 15.1 Å². The minimum atomic E-state index is -0.423. The normalized spacial score (nSPS) is 10.9. The smallest absolute Gasteiger partial charge is 0.258 e. The van der Waals surface area contributed by atoms with Gasteiger partial charge in [-0.25, -0.2) is 9.37 Å². The lowest BCUT2D eigenvalue weighted by atomic mass is 10.2. The van der Waals surface area contributed by atoms with Gasteiger partial charge in [0.15, 0.2) is 0 Å². The second-order valence-corrected chi connectivity index (χ2v) is 3.84. The van der Waals surface area contributed by atoms with Crippen LogP contribution in [0.5, 0.6) is 0 Å². The highest BCUT2D eigenvalue weighted by Gasteiger charge is 2.07. The topological polar surface area (TPSA) is 71.8 Å². The first kappa shape index (κ1) is 10.6. The molecule has 0 radical (unpaired) electrons. The van der Waals surface area contributed by atoms with Crippen molar-refractivity contribution in [1.82, 2.24) is 15.1 Å². The van der Waals surface area contributed by atoms with Gasteiger partial charge in [-0.05, 0) is 12.1 Å². The Hall–Kier alpha value is -2.50. The van der Waals surface area contributed by atoms with Crippen molar-refractivity contribution in [2.24, 2.45) is 0 Å². The number of nitrogens with zero attached hydrogens (tertiary/aromatic N) is 2. The number of hydrogen-bond acceptors (Lipinski definition) is 4. The number of rotatable bonds is 2. The highest BCUT2D eigenvalue weighted by molar-refractivity contribution is 5.77. The third-order valence-corrected chi connectivity index (χ3v) is 2.56. The van der Waals surface area contributed by atoms with E-state index in [1.54, 1.807) is 6.07 Å². The lowest BCUT2D eigenvalue weighted by Gasteiger charge is -2.01. The first-order valence-corrected chi connectivity index (χ1v) is 5.30. The molecule has 0 aliphatic heterocycles. The number of aromatic amines is 1. The molecule has 0 saturated heterocycles. The summed E-state index contributed by atoms with van der Waals surface area (Å²) in [5.74, 6) is -0.0000129. The molecule has 0 atom stereocenters. The summed E-state index contributed by atoms with van der Waals surface area (Å²) < 4.78 is 17.8. The molecular weight excluding hydrogens is 237 g/mol. The average Bonchev–Trinajstić information content (AvgIpc) is 2.81. The average molecular weight is 245 g/mol. The van der Waals surface area contributed by atoms with E-state index in [4.69, 9.17) is 4.52 Å². The van der Waals surface area contributed by atoms with Crippen LogP contribution in [0.4, 0.5) is 4.39 Å². The summed E-state index contributed by atoms with van der Waals surface area (Å²) in [4.78, 5) is 18.6. The standard InChI is InChI=1S/C12H8FN3O2/c13-7-1-2-9-10(5-7)14-11(15-12(9)17)6-8-3-4-18-16-8/h1-5H,6H2,(H,14,15,17). The first-order valence-electron chi connectivity index (χ1n) is 5.30. The van der Waals surface area contributed by atoms with E-state index in [-0.39, 0.29) is 5.56 Å². The third-order valence-electron chi connectivity index (χ3n) is 2.56. The van der Waals surface area contributed by atoms with Crippen molar-refractivity contribution in [2.45, 2.75) is 6.42 Å². The van der Waals surface area contributed by atoms with Crippen molar-refractivity contribution in [2.75, 3.05) is 0 Å². The van der Waals surface area contributed by atoms with E-state index < -0.39 is 5.82 Å². The van der Waals surface area contributed by atoms with Crippen molar-refractivity contribution >= 4 is 10.9 Å². The predicted molar refractivity (Wildman–Crippen MR) is 61.6 cm³/mol. The van der Waals surface area contributed by atoms with Crippen molar-refractivity contribution in [1.29, 1.82) is 0 Å². The van der Waals surface area contributed by atoms with Crippen molar-refractivity contribution in [3.05, 3.63) is 58.2 Å². The van der Waals surface area contributed by atoms with Crippen LogP contribution in [-0.2, 0) is 6.42 Å². The highest BCUT2D eigenvalue weighted by atomic mass is 19.1. The van der Waals surface area contributed by atoms with Gasteiger partial charge in [0, 0.05) is 12.1 Å².